The van der Waals surface area contributed by atoms with Crippen LogP contribution in [0.5, 0.6) is 0 Å². The Morgan fingerprint density at radius 2 is 2.20 bits per heavy atom. The molecular formula is C10H13N3S2. The van der Waals surface area contributed by atoms with Crippen LogP contribution in [0.2, 0.25) is 0 Å². The van der Waals surface area contributed by atoms with Gasteiger partial charge in [-0.3, -0.25) is 0 Å². The van der Waals surface area contributed by atoms with Crippen LogP contribution < -0.4 is 5.32 Å². The van der Waals surface area contributed by atoms with Crippen molar-refractivity contribution in [3.8, 4) is 0 Å². The van der Waals surface area contributed by atoms with E-state index < -0.39 is 0 Å². The zero-order chi connectivity index (χ0) is 10.5. The van der Waals surface area contributed by atoms with Crippen LogP contribution in [0.25, 0.3) is 0 Å². The lowest BCUT2D eigenvalue weighted by molar-refractivity contribution is 0.714. The number of aromatic nitrogens is 2. The molecule has 2 heterocycles. The molecule has 0 fully saturated rings. The average molecular weight is 239 g/mol. The van der Waals surface area contributed by atoms with Gasteiger partial charge in [-0.25, -0.2) is 0 Å². The molecule has 15 heavy (non-hydrogen) atoms. The van der Waals surface area contributed by atoms with Gasteiger partial charge in [-0.1, -0.05) is 24.3 Å². The molecule has 0 radical (unpaired) electrons. The van der Waals surface area contributed by atoms with Gasteiger partial charge in [-0.15, -0.1) is 21.5 Å². The van der Waals surface area contributed by atoms with E-state index in [2.05, 4.69) is 40.0 Å². The Bertz CT molecular complexity index is 394. The summed E-state index contributed by atoms with van der Waals surface area (Å²) in [5, 5.41) is 15.8. The first-order chi connectivity index (χ1) is 7.38. The normalized spacial score (nSPS) is 10.7. The summed E-state index contributed by atoms with van der Waals surface area (Å²) in [5.74, 6) is 0. The second kappa shape index (κ2) is 5.34. The van der Waals surface area contributed by atoms with Gasteiger partial charge in [0, 0.05) is 17.8 Å². The van der Waals surface area contributed by atoms with Gasteiger partial charge in [0.1, 0.15) is 10.0 Å². The highest BCUT2D eigenvalue weighted by atomic mass is 32.1. The fourth-order valence-corrected chi connectivity index (χ4v) is 2.86. The first kappa shape index (κ1) is 10.7. The Kier molecular flexibility index (Phi) is 3.82. The standard InChI is InChI=1S/C10H13N3S2/c1-2-11-7-10-13-12-9(15-10)6-8-4-3-5-14-8/h3-5,11H,2,6-7H2,1H3. The summed E-state index contributed by atoms with van der Waals surface area (Å²) in [7, 11) is 0. The molecule has 3 nitrogen and oxygen atoms in total. The van der Waals surface area contributed by atoms with Gasteiger partial charge in [-0.2, -0.15) is 0 Å². The predicted molar refractivity (Wildman–Crippen MR) is 64.4 cm³/mol. The highest BCUT2D eigenvalue weighted by Gasteiger charge is 2.04. The Hall–Kier alpha value is -0.780. The average Bonchev–Trinajstić information content (AvgIpc) is 2.87. The summed E-state index contributed by atoms with van der Waals surface area (Å²) in [5.41, 5.74) is 0. The van der Waals surface area contributed by atoms with E-state index in [0.717, 1.165) is 29.5 Å². The Morgan fingerprint density at radius 1 is 1.33 bits per heavy atom. The van der Waals surface area contributed by atoms with Gasteiger partial charge in [0.25, 0.3) is 0 Å². The molecule has 5 heteroatoms. The quantitative estimate of drug-likeness (QED) is 0.870. The lowest BCUT2D eigenvalue weighted by Gasteiger charge is -1.93. The lowest BCUT2D eigenvalue weighted by atomic mass is 10.4. The van der Waals surface area contributed by atoms with Crippen LogP contribution in [0.4, 0.5) is 0 Å². The van der Waals surface area contributed by atoms with Gasteiger partial charge in [0.15, 0.2) is 0 Å². The molecule has 0 bridgehead atoms. The molecule has 2 aromatic rings. The molecule has 0 spiro atoms. The third-order valence-corrected chi connectivity index (χ3v) is 3.74. The minimum Gasteiger partial charge on any atom is -0.311 e. The van der Waals surface area contributed by atoms with Crippen LogP contribution in [-0.2, 0) is 13.0 Å². The van der Waals surface area contributed by atoms with Crippen molar-refractivity contribution in [2.75, 3.05) is 6.54 Å². The molecule has 0 aliphatic heterocycles. The van der Waals surface area contributed by atoms with Crippen LogP contribution in [-0.4, -0.2) is 16.7 Å². The maximum absolute atomic E-state index is 4.18. The van der Waals surface area contributed by atoms with E-state index in [0.29, 0.717) is 0 Å². The number of thiophene rings is 1. The highest BCUT2D eigenvalue weighted by molar-refractivity contribution is 7.12. The van der Waals surface area contributed by atoms with E-state index in [9.17, 15) is 0 Å². The Balaban J connectivity index is 1.95. The van der Waals surface area contributed by atoms with Gasteiger partial charge in [0.2, 0.25) is 0 Å². The second-order valence-electron chi connectivity index (χ2n) is 3.13. The zero-order valence-electron chi connectivity index (χ0n) is 8.56. The third-order valence-electron chi connectivity index (χ3n) is 1.94. The largest absolute Gasteiger partial charge is 0.311 e. The van der Waals surface area contributed by atoms with E-state index in [1.807, 2.05) is 0 Å². The summed E-state index contributed by atoms with van der Waals surface area (Å²) in [6.07, 6.45) is 0.918. The van der Waals surface area contributed by atoms with Crippen molar-refractivity contribution < 1.29 is 0 Å². The number of hydrogen-bond donors (Lipinski definition) is 1. The lowest BCUT2D eigenvalue weighted by Crippen LogP contribution is -2.11. The fourth-order valence-electron chi connectivity index (χ4n) is 1.23. The number of hydrogen-bond acceptors (Lipinski definition) is 5. The monoisotopic (exact) mass is 239 g/mol. The van der Waals surface area contributed by atoms with E-state index >= 15 is 0 Å². The Morgan fingerprint density at radius 3 is 2.93 bits per heavy atom. The smallest absolute Gasteiger partial charge is 0.131 e. The molecule has 0 atom stereocenters. The molecule has 80 valence electrons. The second-order valence-corrected chi connectivity index (χ2v) is 5.30. The molecule has 0 aliphatic carbocycles. The van der Waals surface area contributed by atoms with Crippen molar-refractivity contribution in [3.63, 3.8) is 0 Å². The first-order valence-corrected chi connectivity index (χ1v) is 6.62. The summed E-state index contributed by atoms with van der Waals surface area (Å²) >= 11 is 3.46. The van der Waals surface area contributed by atoms with Crippen LogP contribution in [0.15, 0.2) is 17.5 Å². The summed E-state index contributed by atoms with van der Waals surface area (Å²) in [4.78, 5) is 1.35. The minimum atomic E-state index is 0.832. The number of nitrogens with one attached hydrogen (secondary N) is 1. The summed E-state index contributed by atoms with van der Waals surface area (Å²) in [6, 6.07) is 4.20. The maximum Gasteiger partial charge on any atom is 0.131 e. The van der Waals surface area contributed by atoms with Crippen LogP contribution in [0.1, 0.15) is 21.8 Å². The van der Waals surface area contributed by atoms with E-state index in [1.54, 1.807) is 22.7 Å². The molecular weight excluding hydrogens is 226 g/mol. The number of rotatable bonds is 5. The van der Waals surface area contributed by atoms with Gasteiger partial charge in [0.05, 0.1) is 0 Å². The van der Waals surface area contributed by atoms with Crippen molar-refractivity contribution in [2.45, 2.75) is 19.9 Å². The molecule has 2 aromatic heterocycles. The van der Waals surface area contributed by atoms with Crippen LogP contribution in [0, 0.1) is 0 Å². The van der Waals surface area contributed by atoms with Gasteiger partial charge in [-0.05, 0) is 18.0 Å². The van der Waals surface area contributed by atoms with Crippen LogP contribution in [0.3, 0.4) is 0 Å². The molecule has 0 saturated carbocycles. The fraction of sp³-hybridized carbons (Fsp3) is 0.400. The van der Waals surface area contributed by atoms with E-state index in [4.69, 9.17) is 0 Å². The molecule has 0 aromatic carbocycles. The zero-order valence-corrected chi connectivity index (χ0v) is 10.2. The van der Waals surface area contributed by atoms with E-state index in [1.165, 1.54) is 4.88 Å². The van der Waals surface area contributed by atoms with Crippen molar-refractivity contribution in [1.82, 2.24) is 15.5 Å². The third kappa shape index (κ3) is 3.09. The molecule has 0 unspecified atom stereocenters. The Labute approximate surface area is 97.2 Å². The van der Waals surface area contributed by atoms with Crippen molar-refractivity contribution in [1.29, 1.82) is 0 Å². The van der Waals surface area contributed by atoms with E-state index in [-0.39, 0.29) is 0 Å². The van der Waals surface area contributed by atoms with Gasteiger partial charge >= 0.3 is 0 Å². The predicted octanol–water partition coefficient (Wildman–Crippen LogP) is 2.30. The maximum atomic E-state index is 4.18. The highest BCUT2D eigenvalue weighted by Crippen LogP contribution is 2.17. The molecule has 1 N–H and O–H groups in total. The number of nitrogens with zero attached hydrogens (tertiary/aromatic N) is 2. The first-order valence-electron chi connectivity index (χ1n) is 4.93. The SMILES string of the molecule is CCNCc1nnc(Cc2cccs2)s1. The molecule has 2 rings (SSSR count). The summed E-state index contributed by atoms with van der Waals surface area (Å²) < 4.78 is 0. The molecule has 0 saturated heterocycles. The topological polar surface area (TPSA) is 37.8 Å². The van der Waals surface area contributed by atoms with Crippen molar-refractivity contribution in [2.24, 2.45) is 0 Å². The van der Waals surface area contributed by atoms with Crippen LogP contribution >= 0.6 is 22.7 Å². The van der Waals surface area contributed by atoms with Crippen molar-refractivity contribution >= 4 is 22.7 Å². The molecule has 0 amide bonds. The van der Waals surface area contributed by atoms with Crippen molar-refractivity contribution in [3.05, 3.63) is 32.4 Å². The summed E-state index contributed by atoms with van der Waals surface area (Å²) in [6.45, 7) is 3.89. The van der Waals surface area contributed by atoms with Gasteiger partial charge < -0.3 is 5.32 Å². The minimum absolute atomic E-state index is 0.832. The molecule has 0 aliphatic rings.